The topological polar surface area (TPSA) is 238 Å². The molecule has 2 saturated heterocycles. The molecule has 1 aromatic rings. The quantitative estimate of drug-likeness (QED) is 0.160. The Balaban J connectivity index is 2.07. The molecule has 6 N–H and O–H groups in total. The first kappa shape index (κ1) is 43.5. The molecule has 7 amide bonds. The molecule has 2 aliphatic rings. The van der Waals surface area contributed by atoms with Crippen molar-refractivity contribution >= 4 is 58.1 Å². The smallest absolute Gasteiger partial charge is 0.308 e. The van der Waals surface area contributed by atoms with Crippen molar-refractivity contribution in [2.45, 2.75) is 109 Å². The van der Waals surface area contributed by atoms with Gasteiger partial charge in [0.15, 0.2) is 0 Å². The van der Waals surface area contributed by atoms with Crippen LogP contribution in [0.1, 0.15) is 65.4 Å². The van der Waals surface area contributed by atoms with Gasteiger partial charge in [0, 0.05) is 35.8 Å². The number of fused-ring (bicyclic) bond motifs is 1. The van der Waals surface area contributed by atoms with Crippen molar-refractivity contribution in [2.24, 2.45) is 5.92 Å². The third kappa shape index (κ3) is 12.3. The number of amides is 7. The van der Waals surface area contributed by atoms with Crippen molar-refractivity contribution in [1.82, 2.24) is 36.8 Å². The largest absolute Gasteiger partial charge is 0.469 e. The van der Waals surface area contributed by atoms with E-state index in [-0.39, 0.29) is 37.5 Å². The molecule has 0 spiro atoms. The maximum Gasteiger partial charge on any atom is 0.308 e. The van der Waals surface area contributed by atoms with Crippen LogP contribution in [0.4, 0.5) is 0 Å². The van der Waals surface area contributed by atoms with E-state index in [1.54, 1.807) is 37.3 Å². The second-order valence-corrected chi connectivity index (χ2v) is 15.3. The number of esters is 1. The molecule has 0 radical (unpaired) electrons. The summed E-state index contributed by atoms with van der Waals surface area (Å²) < 4.78 is 16.7. The first-order valence-corrected chi connectivity index (χ1v) is 19.8. The van der Waals surface area contributed by atoms with Crippen LogP contribution >= 0.6 is 0 Å². The Kier molecular flexibility index (Phi) is 16.6. The number of carbonyl (C=O) groups excluding carboxylic acids is 8. The fraction of sp³-hybridized carbons (Fsp3) is 0.611. The molecular weight excluding hydrogens is 723 g/mol. The summed E-state index contributed by atoms with van der Waals surface area (Å²) in [6.45, 7) is 6.55. The summed E-state index contributed by atoms with van der Waals surface area (Å²) in [7, 11) is -0.251. The lowest BCUT2D eigenvalue weighted by atomic mass is 9.96. The maximum atomic E-state index is 14.1. The zero-order valence-electron chi connectivity index (χ0n) is 31.6. The van der Waals surface area contributed by atoms with Gasteiger partial charge in [-0.25, -0.2) is 0 Å². The van der Waals surface area contributed by atoms with Gasteiger partial charge in [0.05, 0.1) is 13.5 Å². The highest BCUT2D eigenvalue weighted by Gasteiger charge is 2.41. The highest BCUT2D eigenvalue weighted by atomic mass is 32.2. The van der Waals surface area contributed by atoms with Crippen LogP contribution in [0.2, 0.25) is 0 Å². The molecule has 2 aliphatic heterocycles. The second-order valence-electron chi connectivity index (χ2n) is 13.7. The predicted molar refractivity (Wildman–Crippen MR) is 197 cm³/mol. The minimum Gasteiger partial charge on any atom is -0.469 e. The highest BCUT2D eigenvalue weighted by Crippen LogP contribution is 2.22. The van der Waals surface area contributed by atoms with Gasteiger partial charge in [0.2, 0.25) is 41.4 Å². The fourth-order valence-corrected chi connectivity index (χ4v) is 6.68. The zero-order chi connectivity index (χ0) is 40.1. The van der Waals surface area contributed by atoms with Crippen LogP contribution in [0.3, 0.4) is 0 Å². The van der Waals surface area contributed by atoms with E-state index in [1.165, 1.54) is 25.0 Å². The number of carbonyl (C=O) groups is 8. The van der Waals surface area contributed by atoms with Crippen LogP contribution in [0.25, 0.3) is 0 Å². The fourth-order valence-electron chi connectivity index (χ4n) is 6.11. The summed E-state index contributed by atoms with van der Waals surface area (Å²) in [5.74, 6) is -6.39. The Morgan fingerprint density at radius 3 is 1.96 bits per heavy atom. The molecule has 0 aliphatic carbocycles. The van der Waals surface area contributed by atoms with Gasteiger partial charge >= 0.3 is 5.97 Å². The van der Waals surface area contributed by atoms with E-state index in [0.29, 0.717) is 18.4 Å². The minimum atomic E-state index is -1.55. The van der Waals surface area contributed by atoms with E-state index in [2.05, 4.69) is 31.9 Å². The summed E-state index contributed by atoms with van der Waals surface area (Å²) in [6, 6.07) is 0.133. The van der Waals surface area contributed by atoms with E-state index in [4.69, 9.17) is 4.74 Å². The molecule has 54 heavy (non-hydrogen) atoms. The molecule has 2 heterocycles. The number of rotatable bonds is 9. The van der Waals surface area contributed by atoms with Crippen LogP contribution in [-0.4, -0.2) is 124 Å². The Bertz CT molecular complexity index is 1580. The highest BCUT2D eigenvalue weighted by molar-refractivity contribution is 7.84. The number of ether oxygens (including phenoxy) is 1. The lowest BCUT2D eigenvalue weighted by Gasteiger charge is -2.32. The Morgan fingerprint density at radius 2 is 1.37 bits per heavy atom. The molecule has 2 unspecified atom stereocenters. The van der Waals surface area contributed by atoms with Gasteiger partial charge in [-0.15, -0.1) is 0 Å². The van der Waals surface area contributed by atoms with Gasteiger partial charge in [-0.2, -0.15) is 0 Å². The lowest BCUT2D eigenvalue weighted by Crippen LogP contribution is -2.60. The number of nitrogens with zero attached hydrogens (tertiary/aromatic N) is 1. The van der Waals surface area contributed by atoms with Crippen molar-refractivity contribution in [3.63, 3.8) is 0 Å². The average molecular weight is 776 g/mol. The van der Waals surface area contributed by atoms with Crippen molar-refractivity contribution < 1.29 is 47.3 Å². The van der Waals surface area contributed by atoms with Gasteiger partial charge < -0.3 is 41.5 Å². The Hall–Kier alpha value is -4.87. The van der Waals surface area contributed by atoms with E-state index < -0.39 is 107 Å². The zero-order valence-corrected chi connectivity index (χ0v) is 32.4. The minimum absolute atomic E-state index is 0.0150. The Labute approximate surface area is 317 Å². The van der Waals surface area contributed by atoms with Crippen LogP contribution in [0.5, 0.6) is 0 Å². The normalized spacial score (nSPS) is 27.8. The van der Waals surface area contributed by atoms with Gasteiger partial charge in [0.25, 0.3) is 0 Å². The number of nitrogens with one attached hydrogen (secondary N) is 6. The third-order valence-electron chi connectivity index (χ3n) is 9.59. The average Bonchev–Trinajstić information content (AvgIpc) is 3.64. The molecule has 3 rings (SSSR count). The van der Waals surface area contributed by atoms with Crippen LogP contribution < -0.4 is 31.9 Å². The van der Waals surface area contributed by atoms with Gasteiger partial charge in [-0.05, 0) is 44.6 Å². The number of benzene rings is 1. The molecule has 298 valence electrons. The van der Waals surface area contributed by atoms with Crippen LogP contribution in [0.15, 0.2) is 30.3 Å². The summed E-state index contributed by atoms with van der Waals surface area (Å²) in [4.78, 5) is 110. The molecule has 1 aromatic carbocycles. The Morgan fingerprint density at radius 1 is 0.815 bits per heavy atom. The summed E-state index contributed by atoms with van der Waals surface area (Å²) in [5, 5.41) is 15.5. The van der Waals surface area contributed by atoms with Crippen molar-refractivity contribution in [3.05, 3.63) is 35.9 Å². The monoisotopic (exact) mass is 775 g/mol. The summed E-state index contributed by atoms with van der Waals surface area (Å²) in [5.41, 5.74) is 0.667. The molecule has 17 nitrogen and oxygen atoms in total. The van der Waals surface area contributed by atoms with E-state index >= 15 is 0 Å². The third-order valence-corrected chi connectivity index (χ3v) is 10.4. The molecule has 9 atom stereocenters. The van der Waals surface area contributed by atoms with Gasteiger partial charge in [0.1, 0.15) is 42.3 Å². The molecule has 0 saturated carbocycles. The van der Waals surface area contributed by atoms with E-state index in [0.717, 1.165) is 7.11 Å². The first-order valence-electron chi connectivity index (χ1n) is 18.1. The molecule has 2 fully saturated rings. The van der Waals surface area contributed by atoms with Gasteiger partial charge in [-0.3, -0.25) is 42.6 Å². The standard InChI is InChI=1S/C36H53N7O10S/c1-7-20(2)29-36(51)43-16-11-14-27(43)35(50)41-25(18-23-12-9-8-10-13-23)34(49)40-26(19-28(44)53-5)33(48)38-21(3)30(45)39-24(15-17-54(6)52)32(47)37-22(4)31(46)42-29/h8-10,12-13,20-22,24-27,29H,7,11,14-19H2,1-6H3,(H,37,47)(H,38,48)(H,39,45)(H,40,49)(H,41,50)(H,42,46)/t20?,21-,22-,24-,25-,26+,27-,29-,54?/m0/s1. The molecule has 0 aromatic heterocycles. The van der Waals surface area contributed by atoms with Crippen molar-refractivity contribution in [1.29, 1.82) is 0 Å². The molecular formula is C36H53N7O10S. The van der Waals surface area contributed by atoms with Gasteiger partial charge in [-0.1, -0.05) is 50.6 Å². The predicted octanol–water partition coefficient (Wildman–Crippen LogP) is -1.44. The summed E-state index contributed by atoms with van der Waals surface area (Å²) >= 11 is 0. The van der Waals surface area contributed by atoms with Crippen LogP contribution in [0, 0.1) is 5.92 Å². The number of hydrogen-bond donors (Lipinski definition) is 6. The molecule has 0 bridgehead atoms. The van der Waals surface area contributed by atoms with Crippen LogP contribution in [-0.2, 0) is 60.3 Å². The van der Waals surface area contributed by atoms with E-state index in [9.17, 15) is 42.6 Å². The molecule has 18 heteroatoms. The number of methoxy groups -OCH3 is 1. The number of hydrogen-bond acceptors (Lipinski definition) is 10. The maximum absolute atomic E-state index is 14.1. The SMILES string of the molecule is CCC(C)[C@@H]1NC(=O)[C@H](C)NC(=O)[C@H](CCS(C)=O)NC(=O)[C@H](C)NC(=O)[C@@H](CC(=O)OC)NC(=O)[C@H](Cc2ccccc2)NC(=O)[C@@H]2CCCN2C1=O. The lowest BCUT2D eigenvalue weighted by molar-refractivity contribution is -0.144. The van der Waals surface area contributed by atoms with Crippen molar-refractivity contribution in [2.75, 3.05) is 25.7 Å². The van der Waals surface area contributed by atoms with Crippen molar-refractivity contribution in [3.8, 4) is 0 Å². The summed E-state index contributed by atoms with van der Waals surface area (Å²) in [6.07, 6.45) is 1.95. The first-order chi connectivity index (χ1) is 25.6. The second kappa shape index (κ2) is 20.5. The van der Waals surface area contributed by atoms with E-state index in [1.807, 2.05) is 6.92 Å².